The second-order valence-corrected chi connectivity index (χ2v) is 4.76. The molecule has 2 N–H and O–H groups in total. The molecule has 0 saturated heterocycles. The third-order valence-corrected chi connectivity index (χ3v) is 3.12. The lowest BCUT2D eigenvalue weighted by molar-refractivity contribution is 0.897. The van der Waals surface area contributed by atoms with Gasteiger partial charge in [-0.1, -0.05) is 29.8 Å². The fourth-order valence-corrected chi connectivity index (χ4v) is 2.31. The fourth-order valence-electron chi connectivity index (χ4n) is 2.31. The van der Waals surface area contributed by atoms with Crippen LogP contribution in [0.5, 0.6) is 0 Å². The van der Waals surface area contributed by atoms with E-state index in [-0.39, 0.29) is 0 Å². The average Bonchev–Trinajstić information content (AvgIpc) is 2.22. The van der Waals surface area contributed by atoms with Gasteiger partial charge in [0, 0.05) is 11.3 Å². The molecule has 0 spiro atoms. The molecule has 0 radical (unpaired) electrons. The number of benzene rings is 1. The molecule has 1 aromatic rings. The minimum absolute atomic E-state index is 0.983. The first-order valence-corrected chi connectivity index (χ1v) is 5.82. The summed E-state index contributed by atoms with van der Waals surface area (Å²) in [7, 11) is 0. The summed E-state index contributed by atoms with van der Waals surface area (Å²) in [6.45, 7) is 6.41. The van der Waals surface area contributed by atoms with E-state index >= 15 is 0 Å². The van der Waals surface area contributed by atoms with E-state index in [1.165, 1.54) is 27.8 Å². The van der Waals surface area contributed by atoms with E-state index in [2.05, 4.69) is 45.0 Å². The maximum Gasteiger partial charge on any atom is 0.0163 e. The summed E-state index contributed by atoms with van der Waals surface area (Å²) < 4.78 is 0. The van der Waals surface area contributed by atoms with Gasteiger partial charge in [0.2, 0.25) is 0 Å². The van der Waals surface area contributed by atoms with Crippen molar-refractivity contribution in [3.05, 3.63) is 52.2 Å². The molecule has 0 bridgehead atoms. The molecule has 84 valence electrons. The lowest BCUT2D eigenvalue weighted by Crippen LogP contribution is -2.11. The second-order valence-electron chi connectivity index (χ2n) is 4.76. The largest absolute Gasteiger partial charge is 0.402 e. The molecule has 0 aliphatic heterocycles. The van der Waals surface area contributed by atoms with Crippen LogP contribution in [0.25, 0.3) is 5.57 Å². The molecule has 0 fully saturated rings. The Labute approximate surface area is 97.7 Å². The third kappa shape index (κ3) is 1.90. The van der Waals surface area contributed by atoms with Crippen molar-refractivity contribution in [3.8, 4) is 0 Å². The van der Waals surface area contributed by atoms with Crippen LogP contribution in [0.3, 0.4) is 0 Å². The van der Waals surface area contributed by atoms with E-state index < -0.39 is 0 Å². The van der Waals surface area contributed by atoms with Gasteiger partial charge in [0.05, 0.1) is 0 Å². The van der Waals surface area contributed by atoms with Gasteiger partial charge >= 0.3 is 0 Å². The Balaban J connectivity index is 2.61. The standard InChI is InChI=1S/C15H19N/c1-10(2)9-14-13-6-4-5-11(3)12(13)7-8-15(14)16/h4-6,9H,7-8,16H2,1-3H3. The van der Waals surface area contributed by atoms with E-state index in [0.717, 1.165) is 18.5 Å². The topological polar surface area (TPSA) is 26.0 Å². The predicted octanol–water partition coefficient (Wildman–Crippen LogP) is 3.58. The first-order valence-electron chi connectivity index (χ1n) is 5.82. The Bertz CT molecular complexity index is 474. The molecule has 1 aliphatic carbocycles. The molecule has 0 saturated carbocycles. The molecule has 1 heteroatoms. The molecule has 0 atom stereocenters. The molecule has 1 aromatic carbocycles. The van der Waals surface area contributed by atoms with Crippen LogP contribution >= 0.6 is 0 Å². The van der Waals surface area contributed by atoms with E-state index in [1.54, 1.807) is 0 Å². The van der Waals surface area contributed by atoms with Gasteiger partial charge in [-0.2, -0.15) is 0 Å². The summed E-state index contributed by atoms with van der Waals surface area (Å²) in [6.07, 6.45) is 4.26. The number of hydrogen-bond donors (Lipinski definition) is 1. The monoisotopic (exact) mass is 213 g/mol. The third-order valence-electron chi connectivity index (χ3n) is 3.12. The Morgan fingerprint density at radius 3 is 2.69 bits per heavy atom. The average molecular weight is 213 g/mol. The first-order chi connectivity index (χ1) is 7.59. The number of fused-ring (bicyclic) bond motifs is 1. The summed E-state index contributed by atoms with van der Waals surface area (Å²) in [5.41, 5.74) is 13.8. The van der Waals surface area contributed by atoms with Gasteiger partial charge in [0.1, 0.15) is 0 Å². The lowest BCUT2D eigenvalue weighted by Gasteiger charge is -2.21. The maximum atomic E-state index is 6.13. The van der Waals surface area contributed by atoms with Crippen molar-refractivity contribution >= 4 is 5.57 Å². The Hall–Kier alpha value is -1.50. The normalized spacial score (nSPS) is 14.7. The molecule has 0 heterocycles. The van der Waals surface area contributed by atoms with E-state index in [1.807, 2.05) is 0 Å². The van der Waals surface area contributed by atoms with Crippen LogP contribution < -0.4 is 5.73 Å². The quantitative estimate of drug-likeness (QED) is 0.758. The van der Waals surface area contributed by atoms with E-state index in [0.29, 0.717) is 0 Å². The minimum Gasteiger partial charge on any atom is -0.402 e. The van der Waals surface area contributed by atoms with Crippen LogP contribution in [0.15, 0.2) is 35.5 Å². The van der Waals surface area contributed by atoms with Crippen LogP contribution in [0.1, 0.15) is 37.0 Å². The smallest absolute Gasteiger partial charge is 0.0163 e. The zero-order chi connectivity index (χ0) is 11.7. The maximum absolute atomic E-state index is 6.13. The van der Waals surface area contributed by atoms with Gasteiger partial charge in [-0.15, -0.1) is 0 Å². The van der Waals surface area contributed by atoms with Gasteiger partial charge in [-0.05, 0) is 50.3 Å². The Morgan fingerprint density at radius 1 is 1.25 bits per heavy atom. The van der Waals surface area contributed by atoms with Crippen molar-refractivity contribution in [2.24, 2.45) is 5.73 Å². The molecule has 1 aliphatic rings. The van der Waals surface area contributed by atoms with E-state index in [4.69, 9.17) is 5.73 Å². The zero-order valence-electron chi connectivity index (χ0n) is 10.3. The molecule has 0 aromatic heterocycles. The van der Waals surface area contributed by atoms with Crippen LogP contribution in [-0.4, -0.2) is 0 Å². The van der Waals surface area contributed by atoms with Gasteiger partial charge in [-0.3, -0.25) is 0 Å². The molecular formula is C15H19N. The first kappa shape index (κ1) is 11.0. The van der Waals surface area contributed by atoms with E-state index in [9.17, 15) is 0 Å². The summed E-state index contributed by atoms with van der Waals surface area (Å²) in [4.78, 5) is 0. The van der Waals surface area contributed by atoms with Crippen LogP contribution in [-0.2, 0) is 6.42 Å². The number of nitrogens with two attached hydrogens (primary N) is 1. The molecular weight excluding hydrogens is 194 g/mol. The molecule has 2 rings (SSSR count). The number of aryl methyl sites for hydroxylation is 1. The van der Waals surface area contributed by atoms with Crippen molar-refractivity contribution in [1.29, 1.82) is 0 Å². The lowest BCUT2D eigenvalue weighted by atomic mass is 9.85. The van der Waals surface area contributed by atoms with Crippen LogP contribution in [0, 0.1) is 6.92 Å². The highest BCUT2D eigenvalue weighted by Crippen LogP contribution is 2.32. The van der Waals surface area contributed by atoms with Crippen LogP contribution in [0.2, 0.25) is 0 Å². The number of hydrogen-bond acceptors (Lipinski definition) is 1. The van der Waals surface area contributed by atoms with Gasteiger partial charge in [0.25, 0.3) is 0 Å². The van der Waals surface area contributed by atoms with Gasteiger partial charge < -0.3 is 5.73 Å². The molecule has 0 unspecified atom stereocenters. The fraction of sp³-hybridized carbons (Fsp3) is 0.333. The molecule has 16 heavy (non-hydrogen) atoms. The van der Waals surface area contributed by atoms with Crippen molar-refractivity contribution in [2.75, 3.05) is 0 Å². The SMILES string of the molecule is CC(C)=CC1=C(N)CCc2c(C)cccc21. The van der Waals surface area contributed by atoms with Crippen molar-refractivity contribution < 1.29 is 0 Å². The van der Waals surface area contributed by atoms with Crippen molar-refractivity contribution in [3.63, 3.8) is 0 Å². The van der Waals surface area contributed by atoms with Gasteiger partial charge in [-0.25, -0.2) is 0 Å². The van der Waals surface area contributed by atoms with Crippen molar-refractivity contribution in [1.82, 2.24) is 0 Å². The van der Waals surface area contributed by atoms with Crippen molar-refractivity contribution in [2.45, 2.75) is 33.6 Å². The second kappa shape index (κ2) is 4.17. The highest BCUT2D eigenvalue weighted by molar-refractivity contribution is 5.80. The molecule has 0 amide bonds. The summed E-state index contributed by atoms with van der Waals surface area (Å²) in [5.74, 6) is 0. The summed E-state index contributed by atoms with van der Waals surface area (Å²) in [5, 5.41) is 0. The molecule has 1 nitrogen and oxygen atoms in total. The zero-order valence-corrected chi connectivity index (χ0v) is 10.3. The van der Waals surface area contributed by atoms with Gasteiger partial charge in [0.15, 0.2) is 0 Å². The highest BCUT2D eigenvalue weighted by atomic mass is 14.6. The Kier molecular flexibility index (Phi) is 2.86. The minimum atomic E-state index is 0.983. The number of allylic oxidation sites excluding steroid dienone is 4. The number of rotatable bonds is 1. The summed E-state index contributed by atoms with van der Waals surface area (Å²) in [6, 6.07) is 6.48. The predicted molar refractivity (Wildman–Crippen MR) is 70.0 cm³/mol. The van der Waals surface area contributed by atoms with Crippen LogP contribution in [0.4, 0.5) is 0 Å². The highest BCUT2D eigenvalue weighted by Gasteiger charge is 2.16. The Morgan fingerprint density at radius 2 is 2.00 bits per heavy atom. The summed E-state index contributed by atoms with van der Waals surface area (Å²) >= 11 is 0.